The molecule has 1 aliphatic rings. The first-order valence-electron chi connectivity index (χ1n) is 9.67. The van der Waals surface area contributed by atoms with E-state index in [1.807, 2.05) is 20.8 Å². The molecule has 0 saturated heterocycles. The predicted octanol–water partition coefficient (Wildman–Crippen LogP) is 6.35. The molecule has 0 bridgehead atoms. The van der Waals surface area contributed by atoms with Gasteiger partial charge in [0.15, 0.2) is 0 Å². The summed E-state index contributed by atoms with van der Waals surface area (Å²) in [7, 11) is 0. The lowest BCUT2D eigenvalue weighted by Gasteiger charge is -2.27. The lowest BCUT2D eigenvalue weighted by atomic mass is 9.81. The zero-order valence-electron chi connectivity index (χ0n) is 16.5. The van der Waals surface area contributed by atoms with E-state index in [4.69, 9.17) is 10.7 Å². The van der Waals surface area contributed by atoms with Crippen molar-refractivity contribution >= 4 is 5.71 Å². The molecule has 0 heterocycles. The number of rotatable bonds is 9. The van der Waals surface area contributed by atoms with Crippen LogP contribution in [-0.4, -0.2) is 18.4 Å². The fourth-order valence-electron chi connectivity index (χ4n) is 3.02. The van der Waals surface area contributed by atoms with E-state index in [0.717, 1.165) is 30.5 Å². The molecule has 26 heavy (non-hydrogen) atoms. The molecule has 0 aromatic heterocycles. The van der Waals surface area contributed by atoms with Crippen molar-refractivity contribution in [2.45, 2.75) is 72.4 Å². The van der Waals surface area contributed by atoms with Gasteiger partial charge in [-0.25, -0.2) is 0 Å². The Labute approximate surface area is 156 Å². The number of hydrogen-bond donors (Lipinski definition) is 1. The smallest absolute Gasteiger partial charge is 0.325 e. The largest absolute Gasteiger partial charge is 0.395 e. The molecule has 2 N–H and O–H groups in total. The SMILES string of the molecule is C\C=C/C(=C\C(CCC)C(F)(F)F)C(/N=C(CN)C1CCC1)=C(/C)CC. The zero-order chi connectivity index (χ0) is 19.7. The maximum absolute atomic E-state index is 13.4. The highest BCUT2D eigenvalue weighted by Crippen LogP contribution is 2.35. The minimum Gasteiger partial charge on any atom is -0.325 e. The van der Waals surface area contributed by atoms with Crippen LogP contribution in [-0.2, 0) is 0 Å². The van der Waals surface area contributed by atoms with Crippen molar-refractivity contribution < 1.29 is 13.2 Å². The highest BCUT2D eigenvalue weighted by Gasteiger charge is 2.37. The second-order valence-electron chi connectivity index (χ2n) is 6.98. The minimum absolute atomic E-state index is 0.0824. The Morgan fingerprint density at radius 3 is 2.31 bits per heavy atom. The van der Waals surface area contributed by atoms with Crippen molar-refractivity contribution in [2.24, 2.45) is 22.6 Å². The number of alkyl halides is 3. The fourth-order valence-corrected chi connectivity index (χ4v) is 3.02. The van der Waals surface area contributed by atoms with Gasteiger partial charge >= 0.3 is 6.18 Å². The number of nitrogens with zero attached hydrogens (tertiary/aromatic N) is 1. The summed E-state index contributed by atoms with van der Waals surface area (Å²) in [5.41, 5.74) is 8.99. The molecule has 2 nitrogen and oxygen atoms in total. The van der Waals surface area contributed by atoms with Crippen LogP contribution >= 0.6 is 0 Å². The molecule has 1 unspecified atom stereocenters. The summed E-state index contributed by atoms with van der Waals surface area (Å²) < 4.78 is 40.3. The van der Waals surface area contributed by atoms with Crippen LogP contribution in [0.1, 0.15) is 66.2 Å². The minimum atomic E-state index is -4.25. The Morgan fingerprint density at radius 1 is 1.27 bits per heavy atom. The lowest BCUT2D eigenvalue weighted by Crippen LogP contribution is -2.29. The van der Waals surface area contributed by atoms with E-state index in [0.29, 0.717) is 30.2 Å². The van der Waals surface area contributed by atoms with Gasteiger partial charge in [0.25, 0.3) is 0 Å². The van der Waals surface area contributed by atoms with Crippen LogP contribution in [0.15, 0.2) is 40.1 Å². The van der Waals surface area contributed by atoms with Gasteiger partial charge in [-0.1, -0.05) is 44.9 Å². The molecular weight excluding hydrogens is 337 g/mol. The van der Waals surface area contributed by atoms with E-state index >= 15 is 0 Å². The van der Waals surface area contributed by atoms with Gasteiger partial charge in [-0.15, -0.1) is 0 Å². The molecule has 1 fully saturated rings. The van der Waals surface area contributed by atoms with E-state index in [1.165, 1.54) is 12.5 Å². The zero-order valence-corrected chi connectivity index (χ0v) is 16.5. The maximum atomic E-state index is 13.4. The Balaban J connectivity index is 3.41. The van der Waals surface area contributed by atoms with Crippen LogP contribution in [0.5, 0.6) is 0 Å². The summed E-state index contributed by atoms with van der Waals surface area (Å²) in [5.74, 6) is -1.08. The van der Waals surface area contributed by atoms with E-state index in [2.05, 4.69) is 0 Å². The molecule has 1 atom stereocenters. The first kappa shape index (κ1) is 22.7. The topological polar surface area (TPSA) is 38.4 Å². The van der Waals surface area contributed by atoms with Gasteiger partial charge in [0.1, 0.15) is 0 Å². The van der Waals surface area contributed by atoms with Crippen molar-refractivity contribution in [1.29, 1.82) is 0 Å². The average molecular weight is 371 g/mol. The molecule has 148 valence electrons. The fraction of sp³-hybridized carbons (Fsp3) is 0.667. The summed E-state index contributed by atoms with van der Waals surface area (Å²) in [4.78, 5) is 4.79. The van der Waals surface area contributed by atoms with Crippen LogP contribution in [0.3, 0.4) is 0 Å². The number of halogens is 3. The third-order valence-electron chi connectivity index (χ3n) is 5.00. The molecule has 0 aromatic rings. The number of aliphatic imine (C=N–C) groups is 1. The predicted molar refractivity (Wildman–Crippen MR) is 104 cm³/mol. The number of nitrogens with two attached hydrogens (primary N) is 1. The normalized spacial score (nSPS) is 19.5. The maximum Gasteiger partial charge on any atom is 0.395 e. The molecule has 1 aliphatic carbocycles. The highest BCUT2D eigenvalue weighted by atomic mass is 19.4. The van der Waals surface area contributed by atoms with Gasteiger partial charge in [0.2, 0.25) is 0 Å². The third-order valence-corrected chi connectivity index (χ3v) is 5.00. The van der Waals surface area contributed by atoms with Gasteiger partial charge in [0, 0.05) is 12.3 Å². The van der Waals surface area contributed by atoms with Crippen LogP contribution < -0.4 is 5.73 Å². The standard InChI is InChI=1S/C21H33F3N2/c1-5-9-17(13-18(10-6-2)21(22,23)24)20(15(4)7-3)26-19(14-25)16-11-8-12-16/h5,9,13,16,18H,6-8,10-12,14,25H2,1-4H3/b9-5-,17-13+,20-15+,26-19?. The first-order chi connectivity index (χ1) is 12.3. The summed E-state index contributed by atoms with van der Waals surface area (Å²) >= 11 is 0. The molecule has 0 spiro atoms. The summed E-state index contributed by atoms with van der Waals surface area (Å²) in [5, 5.41) is 0. The van der Waals surface area contributed by atoms with Crippen LogP contribution in [0.25, 0.3) is 0 Å². The van der Waals surface area contributed by atoms with Gasteiger partial charge in [-0.3, -0.25) is 4.99 Å². The van der Waals surface area contributed by atoms with E-state index < -0.39 is 12.1 Å². The molecule has 1 rings (SSSR count). The molecular formula is C21H33F3N2. The van der Waals surface area contributed by atoms with Crippen molar-refractivity contribution in [3.8, 4) is 0 Å². The second-order valence-corrected chi connectivity index (χ2v) is 6.98. The summed E-state index contributed by atoms with van der Waals surface area (Å²) in [6.45, 7) is 7.88. The monoisotopic (exact) mass is 370 g/mol. The van der Waals surface area contributed by atoms with Crippen molar-refractivity contribution in [1.82, 2.24) is 0 Å². The number of hydrogen-bond acceptors (Lipinski definition) is 2. The Hall–Kier alpha value is -1.36. The highest BCUT2D eigenvalue weighted by molar-refractivity contribution is 5.90. The van der Waals surface area contributed by atoms with Gasteiger partial charge in [-0.05, 0) is 56.6 Å². The molecule has 0 aliphatic heterocycles. The Kier molecular flexibility index (Phi) is 9.34. The Bertz CT molecular complexity index is 564. The quantitative estimate of drug-likeness (QED) is 0.373. The molecule has 5 heteroatoms. The van der Waals surface area contributed by atoms with Crippen molar-refractivity contribution in [3.05, 3.63) is 35.1 Å². The molecule has 0 amide bonds. The van der Waals surface area contributed by atoms with E-state index in [1.54, 1.807) is 19.1 Å². The third kappa shape index (κ3) is 6.42. The van der Waals surface area contributed by atoms with E-state index in [-0.39, 0.29) is 6.42 Å². The van der Waals surface area contributed by atoms with Crippen molar-refractivity contribution in [2.75, 3.05) is 6.54 Å². The van der Waals surface area contributed by atoms with Gasteiger partial charge in [0.05, 0.1) is 11.6 Å². The van der Waals surface area contributed by atoms with E-state index in [9.17, 15) is 13.2 Å². The van der Waals surface area contributed by atoms with Gasteiger partial charge < -0.3 is 5.73 Å². The van der Waals surface area contributed by atoms with Gasteiger partial charge in [-0.2, -0.15) is 13.2 Å². The van der Waals surface area contributed by atoms with Crippen LogP contribution in [0.4, 0.5) is 13.2 Å². The lowest BCUT2D eigenvalue weighted by molar-refractivity contribution is -0.162. The van der Waals surface area contributed by atoms with Crippen LogP contribution in [0.2, 0.25) is 0 Å². The Morgan fingerprint density at radius 2 is 1.92 bits per heavy atom. The molecule has 0 radical (unpaired) electrons. The average Bonchev–Trinajstić information content (AvgIpc) is 2.54. The second kappa shape index (κ2) is 10.7. The molecule has 0 aromatic carbocycles. The summed E-state index contributed by atoms with van der Waals surface area (Å²) in [6, 6.07) is 0. The number of allylic oxidation sites excluding steroid dienone is 4. The summed E-state index contributed by atoms with van der Waals surface area (Å²) in [6.07, 6.45) is 5.21. The molecule has 1 saturated carbocycles. The first-order valence-corrected chi connectivity index (χ1v) is 9.67. The van der Waals surface area contributed by atoms with Crippen LogP contribution in [0, 0.1) is 11.8 Å². The van der Waals surface area contributed by atoms with Crippen molar-refractivity contribution in [3.63, 3.8) is 0 Å².